The number of hydrogen-bond donors (Lipinski definition) is 2. The van der Waals surface area contributed by atoms with Crippen LogP contribution in [0.5, 0.6) is 0 Å². The van der Waals surface area contributed by atoms with Crippen molar-refractivity contribution in [3.63, 3.8) is 0 Å². The van der Waals surface area contributed by atoms with E-state index in [2.05, 4.69) is 35.2 Å². The molecule has 25 heavy (non-hydrogen) atoms. The third-order valence-corrected chi connectivity index (χ3v) is 4.51. The van der Waals surface area contributed by atoms with Crippen molar-refractivity contribution in [1.82, 2.24) is 14.8 Å². The maximum absolute atomic E-state index is 5.70. The molecule has 0 amide bonds. The topological polar surface area (TPSA) is 68.8 Å². The second kappa shape index (κ2) is 6.43. The minimum absolute atomic E-state index is 0.483. The quantitative estimate of drug-likeness (QED) is 0.626. The molecule has 2 unspecified atom stereocenters. The summed E-state index contributed by atoms with van der Waals surface area (Å²) in [5, 5.41) is 7.88. The predicted molar refractivity (Wildman–Crippen MR) is 101 cm³/mol. The molecule has 2 aromatic rings. The van der Waals surface area contributed by atoms with E-state index in [0.29, 0.717) is 17.8 Å². The van der Waals surface area contributed by atoms with Crippen molar-refractivity contribution in [1.29, 1.82) is 0 Å². The SMILES string of the molecule is C=CC/C=C\C(=C/N)Nc1nc2n(n1)C(c1ccccc1)=CC1CC21. The second-order valence-electron chi connectivity index (χ2n) is 6.30. The van der Waals surface area contributed by atoms with Crippen molar-refractivity contribution >= 4 is 11.6 Å². The second-order valence-corrected chi connectivity index (χ2v) is 6.30. The Balaban J connectivity index is 1.63. The van der Waals surface area contributed by atoms with Crippen molar-refractivity contribution < 1.29 is 0 Å². The predicted octanol–water partition coefficient (Wildman–Crippen LogP) is 3.63. The van der Waals surface area contributed by atoms with Gasteiger partial charge in [0.15, 0.2) is 0 Å². The molecule has 2 aliphatic rings. The molecule has 0 saturated heterocycles. The van der Waals surface area contributed by atoms with Gasteiger partial charge in [-0.15, -0.1) is 11.7 Å². The first-order chi connectivity index (χ1) is 12.3. The van der Waals surface area contributed by atoms with Gasteiger partial charge in [0.25, 0.3) is 0 Å². The van der Waals surface area contributed by atoms with Crippen LogP contribution in [0, 0.1) is 5.92 Å². The standard InChI is InChI=1S/C20H21N5/c1-2-3-5-10-16(13-21)22-20-23-19-17-11-15(17)12-18(25(19)24-20)14-8-6-4-7-9-14/h2,4-10,12-13,15,17H,1,3,11,21H2,(H,22,24)/b10-5-,16-13+. The molecule has 1 aromatic heterocycles. The highest BCUT2D eigenvalue weighted by molar-refractivity contribution is 5.69. The van der Waals surface area contributed by atoms with Gasteiger partial charge < -0.3 is 11.1 Å². The number of allylic oxidation sites excluding steroid dienone is 4. The Hall–Kier alpha value is -3.08. The smallest absolute Gasteiger partial charge is 0.247 e. The monoisotopic (exact) mass is 331 g/mol. The molecule has 2 atom stereocenters. The van der Waals surface area contributed by atoms with Crippen LogP contribution >= 0.6 is 0 Å². The van der Waals surface area contributed by atoms with Crippen LogP contribution in [0.25, 0.3) is 5.70 Å². The van der Waals surface area contributed by atoms with E-state index in [1.807, 2.05) is 41.1 Å². The van der Waals surface area contributed by atoms with Crippen LogP contribution in [0.15, 0.2) is 73.1 Å². The molecule has 126 valence electrons. The number of nitrogens with zero attached hydrogens (tertiary/aromatic N) is 3. The van der Waals surface area contributed by atoms with Gasteiger partial charge in [0.1, 0.15) is 5.82 Å². The Morgan fingerprint density at radius 1 is 1.36 bits per heavy atom. The molecule has 4 rings (SSSR count). The number of nitrogens with one attached hydrogen (secondary N) is 1. The minimum Gasteiger partial charge on any atom is -0.403 e. The van der Waals surface area contributed by atoms with Gasteiger partial charge in [0.2, 0.25) is 5.95 Å². The van der Waals surface area contributed by atoms with Crippen LogP contribution in [0.3, 0.4) is 0 Å². The Kier molecular flexibility index (Phi) is 3.98. The average molecular weight is 331 g/mol. The number of anilines is 1. The fourth-order valence-corrected chi connectivity index (χ4v) is 3.15. The number of nitrogens with two attached hydrogens (primary N) is 1. The van der Waals surface area contributed by atoms with Gasteiger partial charge in [0, 0.05) is 12.1 Å². The zero-order valence-electron chi connectivity index (χ0n) is 14.0. The normalized spacial score (nSPS) is 21.4. The molecule has 5 heteroatoms. The molecular formula is C20H21N5. The number of hydrogen-bond acceptors (Lipinski definition) is 4. The van der Waals surface area contributed by atoms with Gasteiger partial charge in [0.05, 0.1) is 11.4 Å². The van der Waals surface area contributed by atoms with Crippen molar-refractivity contribution in [3.05, 3.63) is 84.5 Å². The number of rotatable bonds is 6. The zero-order chi connectivity index (χ0) is 17.2. The fraction of sp³-hybridized carbons (Fsp3) is 0.200. The molecule has 3 N–H and O–H groups in total. The lowest BCUT2D eigenvalue weighted by atomic mass is 10.1. The van der Waals surface area contributed by atoms with Crippen LogP contribution in [-0.2, 0) is 0 Å². The van der Waals surface area contributed by atoms with Gasteiger partial charge in [-0.2, -0.15) is 4.98 Å². The van der Waals surface area contributed by atoms with Gasteiger partial charge in [-0.05, 0) is 30.4 Å². The molecular weight excluding hydrogens is 310 g/mol. The summed E-state index contributed by atoms with van der Waals surface area (Å²) in [6.07, 6.45) is 11.5. The summed E-state index contributed by atoms with van der Waals surface area (Å²) in [5.74, 6) is 2.67. The molecule has 0 bridgehead atoms. The zero-order valence-corrected chi connectivity index (χ0v) is 14.0. The lowest BCUT2D eigenvalue weighted by Crippen LogP contribution is -2.10. The molecule has 2 heterocycles. The van der Waals surface area contributed by atoms with E-state index in [1.54, 1.807) is 0 Å². The largest absolute Gasteiger partial charge is 0.403 e. The van der Waals surface area contributed by atoms with Gasteiger partial charge >= 0.3 is 0 Å². The van der Waals surface area contributed by atoms with Crippen LogP contribution in [0.1, 0.15) is 30.1 Å². The van der Waals surface area contributed by atoms with E-state index in [1.165, 1.54) is 6.20 Å². The highest BCUT2D eigenvalue weighted by Gasteiger charge is 2.44. The van der Waals surface area contributed by atoms with Gasteiger partial charge in [-0.1, -0.05) is 48.6 Å². The molecule has 1 saturated carbocycles. The number of fused-ring (bicyclic) bond motifs is 3. The summed E-state index contributed by atoms with van der Waals surface area (Å²) in [4.78, 5) is 4.71. The first-order valence-electron chi connectivity index (χ1n) is 8.51. The Bertz CT molecular complexity index is 873. The Morgan fingerprint density at radius 3 is 2.96 bits per heavy atom. The molecule has 0 radical (unpaired) electrons. The summed E-state index contributed by atoms with van der Waals surface area (Å²) in [7, 11) is 0. The minimum atomic E-state index is 0.483. The third-order valence-electron chi connectivity index (χ3n) is 4.51. The van der Waals surface area contributed by atoms with E-state index >= 15 is 0 Å². The lowest BCUT2D eigenvalue weighted by Gasteiger charge is -2.14. The lowest BCUT2D eigenvalue weighted by molar-refractivity contribution is 0.767. The van der Waals surface area contributed by atoms with Crippen molar-refractivity contribution in [2.24, 2.45) is 11.7 Å². The molecule has 1 aliphatic carbocycles. The highest BCUT2D eigenvalue weighted by Crippen LogP contribution is 2.52. The Morgan fingerprint density at radius 2 is 2.20 bits per heavy atom. The van der Waals surface area contributed by atoms with E-state index in [9.17, 15) is 0 Å². The Labute approximate surface area is 147 Å². The maximum Gasteiger partial charge on any atom is 0.247 e. The third kappa shape index (κ3) is 3.01. The highest BCUT2D eigenvalue weighted by atomic mass is 15.4. The fourth-order valence-electron chi connectivity index (χ4n) is 3.15. The average Bonchev–Trinajstić information content (AvgIpc) is 3.31. The first kappa shape index (κ1) is 15.4. The number of aromatic nitrogens is 3. The molecule has 0 spiro atoms. The molecule has 1 aromatic carbocycles. The van der Waals surface area contributed by atoms with E-state index in [4.69, 9.17) is 10.7 Å². The molecule has 1 aliphatic heterocycles. The first-order valence-corrected chi connectivity index (χ1v) is 8.51. The summed E-state index contributed by atoms with van der Waals surface area (Å²) >= 11 is 0. The summed E-state index contributed by atoms with van der Waals surface area (Å²) < 4.78 is 1.97. The van der Waals surface area contributed by atoms with Crippen molar-refractivity contribution in [3.8, 4) is 0 Å². The van der Waals surface area contributed by atoms with Crippen molar-refractivity contribution in [2.75, 3.05) is 5.32 Å². The maximum atomic E-state index is 5.70. The van der Waals surface area contributed by atoms with Crippen LogP contribution < -0.4 is 11.1 Å². The van der Waals surface area contributed by atoms with Crippen LogP contribution in [0.4, 0.5) is 5.95 Å². The van der Waals surface area contributed by atoms with E-state index in [-0.39, 0.29) is 0 Å². The summed E-state index contributed by atoms with van der Waals surface area (Å²) in [6.45, 7) is 3.70. The van der Waals surface area contributed by atoms with Crippen molar-refractivity contribution in [2.45, 2.75) is 18.8 Å². The number of benzene rings is 1. The summed E-state index contributed by atoms with van der Waals surface area (Å²) in [6, 6.07) is 10.3. The van der Waals surface area contributed by atoms with E-state index < -0.39 is 0 Å². The van der Waals surface area contributed by atoms with Crippen LogP contribution in [-0.4, -0.2) is 14.8 Å². The van der Waals surface area contributed by atoms with Gasteiger partial charge in [-0.3, -0.25) is 0 Å². The van der Waals surface area contributed by atoms with Crippen LogP contribution in [0.2, 0.25) is 0 Å². The van der Waals surface area contributed by atoms with Gasteiger partial charge in [-0.25, -0.2) is 4.68 Å². The summed E-state index contributed by atoms with van der Waals surface area (Å²) in [5.41, 5.74) is 8.73. The van der Waals surface area contributed by atoms with E-state index in [0.717, 1.165) is 35.6 Å². The molecule has 5 nitrogen and oxygen atoms in total. The molecule has 1 fully saturated rings.